The zero-order valence-electron chi connectivity index (χ0n) is 19.2. The summed E-state index contributed by atoms with van der Waals surface area (Å²) in [6.07, 6.45) is 3.04. The van der Waals surface area contributed by atoms with Gasteiger partial charge in [0.2, 0.25) is 15.9 Å². The lowest BCUT2D eigenvalue weighted by Crippen LogP contribution is -2.49. The molecular formula is C27H30N2O4S. The van der Waals surface area contributed by atoms with Gasteiger partial charge in [-0.1, -0.05) is 54.6 Å². The Kier molecular flexibility index (Phi) is 7.65. The number of carbonyl (C=O) groups excluding carboxylic acids is 1. The molecule has 1 aliphatic carbocycles. The second-order valence-corrected chi connectivity index (χ2v) is 10.1. The van der Waals surface area contributed by atoms with E-state index in [1.54, 1.807) is 12.1 Å². The van der Waals surface area contributed by atoms with E-state index >= 15 is 0 Å². The predicted octanol–water partition coefficient (Wildman–Crippen LogP) is 4.17. The second kappa shape index (κ2) is 10.8. The summed E-state index contributed by atoms with van der Waals surface area (Å²) in [6.45, 7) is 2.36. The van der Waals surface area contributed by atoms with Crippen molar-refractivity contribution in [3.05, 3.63) is 95.6 Å². The Labute approximate surface area is 201 Å². The van der Waals surface area contributed by atoms with E-state index in [9.17, 15) is 13.2 Å². The number of carbonyl (C=O) groups is 1. The first kappa shape index (κ1) is 24.0. The molecule has 2 N–H and O–H groups in total. The van der Waals surface area contributed by atoms with Gasteiger partial charge in [-0.2, -0.15) is 4.72 Å². The molecule has 3 aromatic rings. The average molecular weight is 479 g/mol. The third-order valence-corrected chi connectivity index (χ3v) is 7.52. The monoisotopic (exact) mass is 478 g/mol. The lowest BCUT2D eigenvalue weighted by molar-refractivity contribution is -0.123. The van der Waals surface area contributed by atoms with Crippen molar-refractivity contribution in [2.75, 3.05) is 6.61 Å². The molecule has 0 aromatic heterocycles. The van der Waals surface area contributed by atoms with Crippen molar-refractivity contribution in [3.63, 3.8) is 0 Å². The van der Waals surface area contributed by atoms with Crippen LogP contribution in [0.3, 0.4) is 0 Å². The Balaban J connectivity index is 1.56. The van der Waals surface area contributed by atoms with Gasteiger partial charge in [0.25, 0.3) is 0 Å². The van der Waals surface area contributed by atoms with E-state index in [2.05, 4.69) is 16.1 Å². The van der Waals surface area contributed by atoms with Gasteiger partial charge in [0.1, 0.15) is 11.8 Å². The minimum atomic E-state index is -3.92. The first-order valence-corrected chi connectivity index (χ1v) is 13.1. The highest BCUT2D eigenvalue weighted by atomic mass is 32.2. The maximum absolute atomic E-state index is 13.4. The molecule has 0 fully saturated rings. The van der Waals surface area contributed by atoms with Gasteiger partial charge >= 0.3 is 0 Å². The average Bonchev–Trinajstić information content (AvgIpc) is 2.85. The third-order valence-electron chi connectivity index (χ3n) is 6.03. The van der Waals surface area contributed by atoms with Crippen LogP contribution in [0.2, 0.25) is 0 Å². The summed E-state index contributed by atoms with van der Waals surface area (Å²) in [6, 6.07) is 22.6. The predicted molar refractivity (Wildman–Crippen MR) is 132 cm³/mol. The summed E-state index contributed by atoms with van der Waals surface area (Å²) >= 11 is 0. The van der Waals surface area contributed by atoms with E-state index in [4.69, 9.17) is 4.74 Å². The van der Waals surface area contributed by atoms with Crippen LogP contribution in [0.1, 0.15) is 42.5 Å². The van der Waals surface area contributed by atoms with Gasteiger partial charge in [-0.05, 0) is 73.6 Å². The van der Waals surface area contributed by atoms with Gasteiger partial charge in [-0.3, -0.25) is 4.79 Å². The van der Waals surface area contributed by atoms with Crippen molar-refractivity contribution >= 4 is 15.9 Å². The van der Waals surface area contributed by atoms with Gasteiger partial charge in [-0.25, -0.2) is 8.42 Å². The number of rotatable bonds is 9. The van der Waals surface area contributed by atoms with E-state index in [1.165, 1.54) is 17.7 Å². The van der Waals surface area contributed by atoms with Crippen LogP contribution >= 0.6 is 0 Å². The van der Waals surface area contributed by atoms with Crippen molar-refractivity contribution in [2.24, 2.45) is 0 Å². The number of aryl methyl sites for hydroxylation is 1. The van der Waals surface area contributed by atoms with E-state index < -0.39 is 16.1 Å². The second-order valence-electron chi connectivity index (χ2n) is 8.42. The van der Waals surface area contributed by atoms with Gasteiger partial charge in [-0.15, -0.1) is 0 Å². The Morgan fingerprint density at radius 3 is 2.44 bits per heavy atom. The van der Waals surface area contributed by atoms with Crippen LogP contribution in [-0.4, -0.2) is 27.0 Å². The van der Waals surface area contributed by atoms with Crippen molar-refractivity contribution in [2.45, 2.75) is 49.6 Å². The fraction of sp³-hybridized carbons (Fsp3) is 0.296. The summed E-state index contributed by atoms with van der Waals surface area (Å²) in [5.41, 5.74) is 3.21. The molecule has 0 saturated heterocycles. The molecule has 7 heteroatoms. The van der Waals surface area contributed by atoms with Crippen LogP contribution < -0.4 is 14.8 Å². The molecule has 0 spiro atoms. The van der Waals surface area contributed by atoms with Gasteiger partial charge in [0.05, 0.1) is 17.5 Å². The Bertz CT molecular complexity index is 1210. The molecule has 0 heterocycles. The molecule has 2 atom stereocenters. The third kappa shape index (κ3) is 5.85. The number of hydrogen-bond donors (Lipinski definition) is 2. The molecule has 0 bridgehead atoms. The Hall–Kier alpha value is -3.16. The normalized spacial score (nSPS) is 16.3. The zero-order valence-corrected chi connectivity index (χ0v) is 20.1. The molecular weight excluding hydrogens is 448 g/mol. The number of amides is 1. The first-order chi connectivity index (χ1) is 16.5. The molecule has 6 nitrogen and oxygen atoms in total. The fourth-order valence-electron chi connectivity index (χ4n) is 4.35. The summed E-state index contributed by atoms with van der Waals surface area (Å²) in [7, 11) is -3.92. The Morgan fingerprint density at radius 2 is 1.71 bits per heavy atom. The van der Waals surface area contributed by atoms with Crippen LogP contribution in [0.25, 0.3) is 0 Å². The number of sulfonamides is 1. The molecule has 0 saturated carbocycles. The quantitative estimate of drug-likeness (QED) is 0.484. The van der Waals surface area contributed by atoms with Crippen LogP contribution in [-0.2, 0) is 27.7 Å². The maximum Gasteiger partial charge on any atom is 0.241 e. The van der Waals surface area contributed by atoms with Crippen LogP contribution in [0.5, 0.6) is 5.75 Å². The molecule has 34 heavy (non-hydrogen) atoms. The van der Waals surface area contributed by atoms with Crippen molar-refractivity contribution < 1.29 is 17.9 Å². The van der Waals surface area contributed by atoms with Crippen molar-refractivity contribution in [1.82, 2.24) is 10.0 Å². The van der Waals surface area contributed by atoms with Crippen LogP contribution in [0.4, 0.5) is 0 Å². The van der Waals surface area contributed by atoms with E-state index in [-0.39, 0.29) is 23.3 Å². The molecule has 0 radical (unpaired) electrons. The van der Waals surface area contributed by atoms with E-state index in [1.807, 2.05) is 55.5 Å². The molecule has 1 amide bonds. The standard InChI is InChI=1S/C27H30N2O4S/c1-2-33-22-15-17-23(18-16-22)34(31,32)29-26(19-20-9-4-3-5-10-20)27(30)28-25-14-8-12-21-11-6-7-13-24(21)25/h3-7,9-11,13,15-18,25-26,29H,2,8,12,14,19H2,1H3,(H,28,30)/t25-,26+/m0/s1. The van der Waals surface area contributed by atoms with Crippen molar-refractivity contribution in [1.29, 1.82) is 0 Å². The highest BCUT2D eigenvalue weighted by Crippen LogP contribution is 2.29. The Morgan fingerprint density at radius 1 is 1.00 bits per heavy atom. The SMILES string of the molecule is CCOc1ccc(S(=O)(=O)N[C@H](Cc2ccccc2)C(=O)N[C@H]2CCCc3ccccc32)cc1. The summed E-state index contributed by atoms with van der Waals surface area (Å²) < 4.78 is 34.4. The van der Waals surface area contributed by atoms with Crippen LogP contribution in [0.15, 0.2) is 83.8 Å². The van der Waals surface area contributed by atoms with E-state index in [0.29, 0.717) is 12.4 Å². The summed E-state index contributed by atoms with van der Waals surface area (Å²) in [4.78, 5) is 13.5. The lowest BCUT2D eigenvalue weighted by Gasteiger charge is -2.28. The lowest BCUT2D eigenvalue weighted by atomic mass is 9.87. The number of nitrogens with one attached hydrogen (secondary N) is 2. The maximum atomic E-state index is 13.4. The minimum Gasteiger partial charge on any atom is -0.494 e. The number of benzene rings is 3. The fourth-order valence-corrected chi connectivity index (χ4v) is 5.55. The molecule has 3 aromatic carbocycles. The van der Waals surface area contributed by atoms with Crippen molar-refractivity contribution in [3.8, 4) is 5.75 Å². The highest BCUT2D eigenvalue weighted by molar-refractivity contribution is 7.89. The zero-order chi connectivity index (χ0) is 24.0. The number of ether oxygens (including phenoxy) is 1. The topological polar surface area (TPSA) is 84.5 Å². The first-order valence-electron chi connectivity index (χ1n) is 11.6. The largest absolute Gasteiger partial charge is 0.494 e. The van der Waals surface area contributed by atoms with Gasteiger partial charge < -0.3 is 10.1 Å². The number of hydrogen-bond acceptors (Lipinski definition) is 4. The van der Waals surface area contributed by atoms with Gasteiger partial charge in [0.15, 0.2) is 0 Å². The highest BCUT2D eigenvalue weighted by Gasteiger charge is 2.29. The summed E-state index contributed by atoms with van der Waals surface area (Å²) in [5, 5.41) is 3.11. The molecule has 178 valence electrons. The van der Waals surface area contributed by atoms with E-state index in [0.717, 1.165) is 30.4 Å². The molecule has 0 aliphatic heterocycles. The smallest absolute Gasteiger partial charge is 0.241 e. The molecule has 1 aliphatic rings. The molecule has 0 unspecified atom stereocenters. The summed E-state index contributed by atoms with van der Waals surface area (Å²) in [5.74, 6) is 0.260. The minimum absolute atomic E-state index is 0.0878. The number of fused-ring (bicyclic) bond motifs is 1. The van der Waals surface area contributed by atoms with Crippen LogP contribution in [0, 0.1) is 0 Å². The van der Waals surface area contributed by atoms with Gasteiger partial charge in [0, 0.05) is 0 Å². The molecule has 4 rings (SSSR count).